The molecule has 2 saturated heterocycles. The number of carbonyl (C=O) groups is 1. The van der Waals surface area contributed by atoms with Gasteiger partial charge in [0.2, 0.25) is 0 Å². The number of nitrogens with one attached hydrogen (secondary N) is 1. The molecule has 0 unspecified atom stereocenters. The van der Waals surface area contributed by atoms with Gasteiger partial charge in [0, 0.05) is 18.5 Å². The van der Waals surface area contributed by atoms with Crippen LogP contribution in [0.5, 0.6) is 0 Å². The zero-order valence-corrected chi connectivity index (χ0v) is 14.0. The molecule has 2 aromatic heterocycles. The normalized spacial score (nSPS) is 25.0. The molecule has 4 rings (SSSR count). The van der Waals surface area contributed by atoms with Crippen LogP contribution >= 0.6 is 22.7 Å². The first-order valence-corrected chi connectivity index (χ1v) is 9.56. The SMILES string of the molecule is O=C(c1csc(-c2cccs2)n1)N1CC[C@@H]2CNC[C@@H]2CC1. The first-order chi connectivity index (χ1) is 10.8. The summed E-state index contributed by atoms with van der Waals surface area (Å²) >= 11 is 3.23. The molecule has 0 aromatic carbocycles. The smallest absolute Gasteiger partial charge is 0.273 e. The zero-order valence-electron chi connectivity index (χ0n) is 12.3. The number of hydrogen-bond donors (Lipinski definition) is 1. The molecule has 0 spiro atoms. The molecule has 4 heterocycles. The van der Waals surface area contributed by atoms with E-state index in [1.807, 2.05) is 21.7 Å². The minimum atomic E-state index is 0.104. The van der Waals surface area contributed by atoms with Crippen LogP contribution in [0.1, 0.15) is 23.3 Å². The topological polar surface area (TPSA) is 45.2 Å². The highest BCUT2D eigenvalue weighted by Gasteiger charge is 2.32. The number of fused-ring (bicyclic) bond motifs is 1. The Morgan fingerprint density at radius 2 is 2.00 bits per heavy atom. The number of likely N-dealkylation sites (tertiary alicyclic amines) is 1. The van der Waals surface area contributed by atoms with Crippen molar-refractivity contribution in [1.29, 1.82) is 0 Å². The third-order valence-electron chi connectivity index (χ3n) is 4.76. The van der Waals surface area contributed by atoms with E-state index in [1.54, 1.807) is 22.7 Å². The minimum absolute atomic E-state index is 0.104. The van der Waals surface area contributed by atoms with Crippen LogP contribution in [-0.4, -0.2) is 42.0 Å². The summed E-state index contributed by atoms with van der Waals surface area (Å²) in [7, 11) is 0. The van der Waals surface area contributed by atoms with Crippen molar-refractivity contribution in [3.63, 3.8) is 0 Å². The van der Waals surface area contributed by atoms with Gasteiger partial charge in [-0.1, -0.05) is 6.07 Å². The summed E-state index contributed by atoms with van der Waals surface area (Å²) in [5.41, 5.74) is 0.610. The molecule has 6 heteroatoms. The van der Waals surface area contributed by atoms with Crippen LogP contribution in [0.15, 0.2) is 22.9 Å². The molecule has 2 aromatic rings. The maximum atomic E-state index is 12.7. The average Bonchev–Trinajstić information content (AvgIpc) is 3.26. The summed E-state index contributed by atoms with van der Waals surface area (Å²) in [6, 6.07) is 4.07. The van der Waals surface area contributed by atoms with Crippen molar-refractivity contribution in [3.05, 3.63) is 28.6 Å². The maximum Gasteiger partial charge on any atom is 0.273 e. The van der Waals surface area contributed by atoms with E-state index in [1.165, 1.54) is 0 Å². The Kier molecular flexibility index (Phi) is 3.98. The van der Waals surface area contributed by atoms with E-state index in [-0.39, 0.29) is 5.91 Å². The molecule has 116 valence electrons. The van der Waals surface area contributed by atoms with Gasteiger partial charge in [-0.3, -0.25) is 4.79 Å². The summed E-state index contributed by atoms with van der Waals surface area (Å²) in [5.74, 6) is 1.59. The Bertz CT molecular complexity index is 638. The maximum absolute atomic E-state index is 12.7. The fourth-order valence-electron chi connectivity index (χ4n) is 3.47. The monoisotopic (exact) mass is 333 g/mol. The summed E-state index contributed by atoms with van der Waals surface area (Å²) in [6.45, 7) is 3.97. The van der Waals surface area contributed by atoms with E-state index in [0.717, 1.165) is 60.7 Å². The quantitative estimate of drug-likeness (QED) is 0.919. The number of hydrogen-bond acceptors (Lipinski definition) is 5. The second-order valence-electron chi connectivity index (χ2n) is 6.06. The van der Waals surface area contributed by atoms with Gasteiger partial charge >= 0.3 is 0 Å². The average molecular weight is 333 g/mol. The van der Waals surface area contributed by atoms with Gasteiger partial charge in [0.1, 0.15) is 10.7 Å². The molecular formula is C16H19N3OS2. The van der Waals surface area contributed by atoms with Crippen molar-refractivity contribution < 1.29 is 4.79 Å². The van der Waals surface area contributed by atoms with E-state index in [0.29, 0.717) is 5.69 Å². The second-order valence-corrected chi connectivity index (χ2v) is 7.87. The molecule has 0 bridgehead atoms. The van der Waals surface area contributed by atoms with Crippen molar-refractivity contribution in [3.8, 4) is 9.88 Å². The zero-order chi connectivity index (χ0) is 14.9. The predicted octanol–water partition coefficient (Wildman–Crippen LogP) is 2.94. The molecule has 1 amide bonds. The molecule has 0 radical (unpaired) electrons. The predicted molar refractivity (Wildman–Crippen MR) is 90.4 cm³/mol. The highest BCUT2D eigenvalue weighted by atomic mass is 32.1. The molecule has 0 aliphatic carbocycles. The lowest BCUT2D eigenvalue weighted by Crippen LogP contribution is -2.33. The number of aromatic nitrogens is 1. The van der Waals surface area contributed by atoms with Gasteiger partial charge in [-0.25, -0.2) is 4.98 Å². The van der Waals surface area contributed by atoms with E-state index in [9.17, 15) is 4.79 Å². The number of thiazole rings is 1. The number of nitrogens with zero attached hydrogens (tertiary/aromatic N) is 2. The lowest BCUT2D eigenvalue weighted by molar-refractivity contribution is 0.0753. The number of amides is 1. The van der Waals surface area contributed by atoms with Crippen LogP contribution in [0.25, 0.3) is 9.88 Å². The summed E-state index contributed by atoms with van der Waals surface area (Å²) in [4.78, 5) is 20.4. The Labute approximate surface area is 138 Å². The third-order valence-corrected chi connectivity index (χ3v) is 6.64. The summed E-state index contributed by atoms with van der Waals surface area (Å²) in [6.07, 6.45) is 2.23. The van der Waals surface area contributed by atoms with Gasteiger partial charge in [0.25, 0.3) is 5.91 Å². The van der Waals surface area contributed by atoms with Gasteiger partial charge < -0.3 is 10.2 Å². The first kappa shape index (κ1) is 14.4. The van der Waals surface area contributed by atoms with Gasteiger partial charge in [0.15, 0.2) is 0 Å². The second kappa shape index (κ2) is 6.10. The lowest BCUT2D eigenvalue weighted by atomic mass is 9.92. The molecule has 2 aliphatic rings. The van der Waals surface area contributed by atoms with Crippen LogP contribution in [-0.2, 0) is 0 Å². The van der Waals surface area contributed by atoms with E-state index in [2.05, 4.69) is 16.4 Å². The molecule has 4 nitrogen and oxygen atoms in total. The van der Waals surface area contributed by atoms with Gasteiger partial charge in [-0.15, -0.1) is 22.7 Å². The number of thiophene rings is 1. The highest BCUT2D eigenvalue weighted by molar-refractivity contribution is 7.20. The summed E-state index contributed by atoms with van der Waals surface area (Å²) < 4.78 is 0. The highest BCUT2D eigenvalue weighted by Crippen LogP contribution is 2.30. The van der Waals surface area contributed by atoms with E-state index >= 15 is 0 Å². The van der Waals surface area contributed by atoms with Crippen LogP contribution in [0, 0.1) is 11.8 Å². The Morgan fingerprint density at radius 1 is 1.23 bits per heavy atom. The van der Waals surface area contributed by atoms with E-state index < -0.39 is 0 Å². The lowest BCUT2D eigenvalue weighted by Gasteiger charge is -2.19. The van der Waals surface area contributed by atoms with E-state index in [4.69, 9.17) is 0 Å². The molecule has 2 aliphatic heterocycles. The van der Waals surface area contributed by atoms with Crippen molar-refractivity contribution in [2.45, 2.75) is 12.8 Å². The summed E-state index contributed by atoms with van der Waals surface area (Å²) in [5, 5.41) is 8.38. The van der Waals surface area contributed by atoms with Crippen molar-refractivity contribution >= 4 is 28.6 Å². The molecule has 2 atom stereocenters. The third kappa shape index (κ3) is 2.71. The van der Waals surface area contributed by atoms with Crippen LogP contribution in [0.4, 0.5) is 0 Å². The van der Waals surface area contributed by atoms with Crippen molar-refractivity contribution in [1.82, 2.24) is 15.2 Å². The molecule has 0 saturated carbocycles. The number of carbonyl (C=O) groups excluding carboxylic acids is 1. The fraction of sp³-hybridized carbons (Fsp3) is 0.500. The van der Waals surface area contributed by atoms with Crippen LogP contribution < -0.4 is 5.32 Å². The number of rotatable bonds is 2. The molecule has 1 N–H and O–H groups in total. The Balaban J connectivity index is 1.47. The molecular weight excluding hydrogens is 314 g/mol. The largest absolute Gasteiger partial charge is 0.337 e. The fourth-order valence-corrected chi connectivity index (χ4v) is 5.08. The van der Waals surface area contributed by atoms with Gasteiger partial charge in [0.05, 0.1) is 4.88 Å². The van der Waals surface area contributed by atoms with Crippen molar-refractivity contribution in [2.24, 2.45) is 11.8 Å². The minimum Gasteiger partial charge on any atom is -0.337 e. The van der Waals surface area contributed by atoms with Crippen molar-refractivity contribution in [2.75, 3.05) is 26.2 Å². The molecule has 22 heavy (non-hydrogen) atoms. The Hall–Kier alpha value is -1.24. The molecule has 2 fully saturated rings. The first-order valence-electron chi connectivity index (χ1n) is 7.80. The Morgan fingerprint density at radius 3 is 2.68 bits per heavy atom. The van der Waals surface area contributed by atoms with Gasteiger partial charge in [-0.05, 0) is 49.2 Å². The van der Waals surface area contributed by atoms with Crippen LogP contribution in [0.2, 0.25) is 0 Å². The van der Waals surface area contributed by atoms with Crippen LogP contribution in [0.3, 0.4) is 0 Å². The standard InChI is InChI=1S/C16H19N3OS2/c20-16(13-10-22-15(18-13)14-2-1-7-21-14)19-5-3-11-8-17-9-12(11)4-6-19/h1-2,7,10-12,17H,3-6,8-9H2/t11-,12+. The van der Waals surface area contributed by atoms with Gasteiger partial charge in [-0.2, -0.15) is 0 Å².